The van der Waals surface area contributed by atoms with E-state index in [9.17, 15) is 20.1 Å². The molecule has 1 fully saturated rings. The van der Waals surface area contributed by atoms with Gasteiger partial charge < -0.3 is 20.4 Å². The molecule has 5 nitrogen and oxygen atoms in total. The number of carboxylic acids is 1. The van der Waals surface area contributed by atoms with Gasteiger partial charge in [-0.3, -0.25) is 4.79 Å². The molecular weight excluding hydrogens is 344 g/mol. The van der Waals surface area contributed by atoms with Crippen molar-refractivity contribution in [3.8, 4) is 0 Å². The van der Waals surface area contributed by atoms with E-state index in [4.69, 9.17) is 5.11 Å². The first-order chi connectivity index (χ1) is 13.0. The first-order valence-electron chi connectivity index (χ1n) is 10.5. The van der Waals surface area contributed by atoms with Gasteiger partial charge in [-0.25, -0.2) is 0 Å². The average Bonchev–Trinajstić information content (AvgIpc) is 2.88. The summed E-state index contributed by atoms with van der Waals surface area (Å²) in [6, 6.07) is 0. The summed E-state index contributed by atoms with van der Waals surface area (Å²) in [6.07, 6.45) is 15.0. The second kappa shape index (κ2) is 13.9. The van der Waals surface area contributed by atoms with E-state index in [-0.39, 0.29) is 18.3 Å². The molecule has 0 aromatic heterocycles. The van der Waals surface area contributed by atoms with Crippen LogP contribution < -0.4 is 0 Å². The van der Waals surface area contributed by atoms with Crippen LogP contribution in [-0.2, 0) is 4.79 Å². The Morgan fingerprint density at radius 2 is 1.85 bits per heavy atom. The molecule has 156 valence electrons. The predicted octanol–water partition coefficient (Wildman–Crippen LogP) is 3.82. The van der Waals surface area contributed by atoms with Crippen molar-refractivity contribution >= 4 is 5.97 Å². The zero-order valence-electron chi connectivity index (χ0n) is 16.7. The van der Waals surface area contributed by atoms with Gasteiger partial charge in [0.15, 0.2) is 0 Å². The summed E-state index contributed by atoms with van der Waals surface area (Å²) in [5.74, 6) is -0.891. The molecule has 4 N–H and O–H groups in total. The van der Waals surface area contributed by atoms with Gasteiger partial charge in [0.1, 0.15) is 0 Å². The van der Waals surface area contributed by atoms with E-state index in [0.717, 1.165) is 44.9 Å². The minimum atomic E-state index is -0.742. The number of aliphatic carboxylic acids is 1. The standard InChI is InChI=1S/C22H38O5/c1-2-3-8-11-17(23)14-15-19-18(20(24)16-21(19)25)12-9-6-4-5-7-10-13-22(26)27/h6,9,14-15,17-21,23-25H,2-5,7-8,10-13,16H2,1H3,(H,26,27)/b9-6?,15-14+/t17-,18+,19+,20-,21+/m0/s1. The molecule has 0 amide bonds. The van der Waals surface area contributed by atoms with Crippen LogP contribution >= 0.6 is 0 Å². The van der Waals surface area contributed by atoms with Gasteiger partial charge in [-0.1, -0.05) is 56.9 Å². The maximum absolute atomic E-state index is 10.5. The quantitative estimate of drug-likeness (QED) is 0.270. The fourth-order valence-corrected chi connectivity index (χ4v) is 3.75. The second-order valence-corrected chi connectivity index (χ2v) is 7.76. The summed E-state index contributed by atoms with van der Waals surface area (Å²) in [6.45, 7) is 2.13. The topological polar surface area (TPSA) is 98.0 Å². The molecule has 0 unspecified atom stereocenters. The molecule has 1 aliphatic carbocycles. The molecule has 5 atom stereocenters. The lowest BCUT2D eigenvalue weighted by Gasteiger charge is -2.19. The van der Waals surface area contributed by atoms with Gasteiger partial charge >= 0.3 is 5.97 Å². The van der Waals surface area contributed by atoms with Crippen molar-refractivity contribution in [1.82, 2.24) is 0 Å². The molecule has 27 heavy (non-hydrogen) atoms. The van der Waals surface area contributed by atoms with E-state index in [1.54, 1.807) is 6.08 Å². The molecule has 0 heterocycles. The SMILES string of the molecule is CCCCC[C@H](O)/C=C/[C@@H]1[C@@H](CC=CCCCCCC(=O)O)[C@@H](O)C[C@H]1O. The zero-order chi connectivity index (χ0) is 20.1. The predicted molar refractivity (Wildman–Crippen MR) is 107 cm³/mol. The van der Waals surface area contributed by atoms with Gasteiger partial charge in [0.25, 0.3) is 0 Å². The number of carboxylic acid groups (broad SMARTS) is 1. The average molecular weight is 383 g/mol. The number of hydrogen-bond donors (Lipinski definition) is 4. The summed E-state index contributed by atoms with van der Waals surface area (Å²) in [7, 11) is 0. The van der Waals surface area contributed by atoms with Gasteiger partial charge in [0, 0.05) is 18.8 Å². The highest BCUT2D eigenvalue weighted by molar-refractivity contribution is 5.66. The monoisotopic (exact) mass is 382 g/mol. The molecule has 1 saturated carbocycles. The number of allylic oxidation sites excluding steroid dienone is 2. The van der Waals surface area contributed by atoms with Crippen LogP contribution in [-0.4, -0.2) is 44.7 Å². The molecule has 1 aliphatic rings. The van der Waals surface area contributed by atoms with Crippen LogP contribution in [0.1, 0.15) is 77.6 Å². The van der Waals surface area contributed by atoms with Gasteiger partial charge in [0.2, 0.25) is 0 Å². The third-order valence-electron chi connectivity index (χ3n) is 5.41. The van der Waals surface area contributed by atoms with Crippen molar-refractivity contribution in [1.29, 1.82) is 0 Å². The normalized spacial score (nSPS) is 27.0. The fourth-order valence-electron chi connectivity index (χ4n) is 3.75. The highest BCUT2D eigenvalue weighted by Gasteiger charge is 2.39. The molecule has 0 bridgehead atoms. The molecular formula is C22H38O5. The molecule has 0 spiro atoms. The Hall–Kier alpha value is -1.17. The van der Waals surface area contributed by atoms with Crippen LogP contribution in [0.2, 0.25) is 0 Å². The molecule has 0 saturated heterocycles. The third-order valence-corrected chi connectivity index (χ3v) is 5.41. The smallest absolute Gasteiger partial charge is 0.303 e. The molecule has 0 aromatic carbocycles. The van der Waals surface area contributed by atoms with Crippen LogP contribution in [0.5, 0.6) is 0 Å². The number of aliphatic hydroxyl groups excluding tert-OH is 3. The number of aliphatic hydroxyl groups is 3. The summed E-state index contributed by atoms with van der Waals surface area (Å²) in [4.78, 5) is 10.5. The maximum atomic E-state index is 10.5. The first kappa shape index (κ1) is 23.9. The lowest BCUT2D eigenvalue weighted by molar-refractivity contribution is -0.137. The van der Waals surface area contributed by atoms with Crippen molar-refractivity contribution in [3.63, 3.8) is 0 Å². The van der Waals surface area contributed by atoms with Crippen LogP contribution in [0, 0.1) is 11.8 Å². The summed E-state index contributed by atoms with van der Waals surface area (Å²) < 4.78 is 0. The third kappa shape index (κ3) is 10.1. The minimum Gasteiger partial charge on any atom is -0.481 e. The molecule has 0 radical (unpaired) electrons. The van der Waals surface area contributed by atoms with Gasteiger partial charge in [0.05, 0.1) is 18.3 Å². The number of rotatable bonds is 14. The minimum absolute atomic E-state index is 0.0256. The number of hydrogen-bond acceptors (Lipinski definition) is 4. The number of carbonyl (C=O) groups is 1. The Bertz CT molecular complexity index is 460. The van der Waals surface area contributed by atoms with Crippen molar-refractivity contribution in [3.05, 3.63) is 24.3 Å². The summed E-state index contributed by atoms with van der Waals surface area (Å²) >= 11 is 0. The van der Waals surface area contributed by atoms with E-state index in [0.29, 0.717) is 19.3 Å². The van der Waals surface area contributed by atoms with E-state index < -0.39 is 24.3 Å². The fraction of sp³-hybridized carbons (Fsp3) is 0.773. The Morgan fingerprint density at radius 3 is 2.56 bits per heavy atom. The zero-order valence-corrected chi connectivity index (χ0v) is 16.7. The van der Waals surface area contributed by atoms with E-state index in [2.05, 4.69) is 19.1 Å². The van der Waals surface area contributed by atoms with Gasteiger partial charge in [-0.05, 0) is 38.0 Å². The van der Waals surface area contributed by atoms with Gasteiger partial charge in [-0.2, -0.15) is 0 Å². The van der Waals surface area contributed by atoms with Crippen molar-refractivity contribution < 1.29 is 25.2 Å². The second-order valence-electron chi connectivity index (χ2n) is 7.76. The van der Waals surface area contributed by atoms with Crippen LogP contribution in [0.15, 0.2) is 24.3 Å². The Kier molecular flexibility index (Phi) is 12.3. The molecule has 0 aromatic rings. The largest absolute Gasteiger partial charge is 0.481 e. The van der Waals surface area contributed by atoms with Gasteiger partial charge in [-0.15, -0.1) is 0 Å². The van der Waals surface area contributed by atoms with Crippen molar-refractivity contribution in [2.45, 2.75) is 95.9 Å². The molecule has 0 aliphatic heterocycles. The Balaban J connectivity index is 2.37. The van der Waals surface area contributed by atoms with Crippen LogP contribution in [0.3, 0.4) is 0 Å². The summed E-state index contributed by atoms with van der Waals surface area (Å²) in [5.41, 5.74) is 0. The van der Waals surface area contributed by atoms with Crippen molar-refractivity contribution in [2.75, 3.05) is 0 Å². The van der Waals surface area contributed by atoms with E-state index >= 15 is 0 Å². The lowest BCUT2D eigenvalue weighted by Crippen LogP contribution is -2.20. The van der Waals surface area contributed by atoms with E-state index in [1.807, 2.05) is 6.08 Å². The highest BCUT2D eigenvalue weighted by Crippen LogP contribution is 2.36. The Labute approximate surface area is 163 Å². The molecule has 5 heteroatoms. The van der Waals surface area contributed by atoms with E-state index in [1.165, 1.54) is 0 Å². The molecule has 1 rings (SSSR count). The summed E-state index contributed by atoms with van der Waals surface area (Å²) in [5, 5.41) is 39.1. The number of unbranched alkanes of at least 4 members (excludes halogenated alkanes) is 5. The lowest BCUT2D eigenvalue weighted by atomic mass is 9.89. The van der Waals surface area contributed by atoms with Crippen LogP contribution in [0.25, 0.3) is 0 Å². The Morgan fingerprint density at radius 1 is 1.07 bits per heavy atom. The van der Waals surface area contributed by atoms with Crippen LogP contribution in [0.4, 0.5) is 0 Å². The highest BCUT2D eigenvalue weighted by atomic mass is 16.4. The van der Waals surface area contributed by atoms with Crippen molar-refractivity contribution in [2.24, 2.45) is 11.8 Å². The first-order valence-corrected chi connectivity index (χ1v) is 10.5. The maximum Gasteiger partial charge on any atom is 0.303 e.